The topological polar surface area (TPSA) is 47.6 Å². The van der Waals surface area contributed by atoms with Crippen LogP contribution in [0.2, 0.25) is 5.02 Å². The van der Waals surface area contributed by atoms with Crippen LogP contribution < -0.4 is 14.8 Å². The molecule has 2 aromatic rings. The van der Waals surface area contributed by atoms with Crippen molar-refractivity contribution in [2.75, 3.05) is 7.11 Å². The van der Waals surface area contributed by atoms with Gasteiger partial charge in [-0.2, -0.15) is 8.78 Å². The van der Waals surface area contributed by atoms with Crippen molar-refractivity contribution in [3.8, 4) is 11.5 Å². The number of ether oxygens (including phenoxy) is 2. The van der Waals surface area contributed by atoms with Crippen molar-refractivity contribution in [3.63, 3.8) is 0 Å². The van der Waals surface area contributed by atoms with Gasteiger partial charge in [0.1, 0.15) is 0 Å². The van der Waals surface area contributed by atoms with Gasteiger partial charge in [-0.1, -0.05) is 29.8 Å². The molecule has 26 heavy (non-hydrogen) atoms. The average molecular weight is 384 g/mol. The Balaban J connectivity index is 1.80. The summed E-state index contributed by atoms with van der Waals surface area (Å²) >= 11 is 5.83. The van der Waals surface area contributed by atoms with Crippen LogP contribution in [-0.4, -0.2) is 19.6 Å². The Morgan fingerprint density at radius 1 is 1.12 bits per heavy atom. The molecule has 0 heterocycles. The molecule has 0 atom stereocenters. The number of carbonyl (C=O) groups is 1. The zero-order chi connectivity index (χ0) is 18.9. The number of hydrogen-bond donors (Lipinski definition) is 1. The molecule has 7 heteroatoms. The molecule has 0 radical (unpaired) electrons. The maximum Gasteiger partial charge on any atom is 0.387 e. The number of hydrogen-bond acceptors (Lipinski definition) is 3. The Morgan fingerprint density at radius 3 is 2.46 bits per heavy atom. The zero-order valence-electron chi connectivity index (χ0n) is 14.3. The highest BCUT2D eigenvalue weighted by Gasteiger charge is 2.11. The maximum atomic E-state index is 12.4. The van der Waals surface area contributed by atoms with E-state index in [-0.39, 0.29) is 24.0 Å². The monoisotopic (exact) mass is 383 g/mol. The summed E-state index contributed by atoms with van der Waals surface area (Å²) in [5.74, 6) is 0.0476. The number of carbonyl (C=O) groups excluding carboxylic acids is 1. The lowest BCUT2D eigenvalue weighted by Gasteiger charge is -2.12. The fourth-order valence-corrected chi connectivity index (χ4v) is 2.54. The van der Waals surface area contributed by atoms with Crippen LogP contribution in [0.3, 0.4) is 0 Å². The summed E-state index contributed by atoms with van der Waals surface area (Å²) in [6.07, 6.45) is 1.86. The Morgan fingerprint density at radius 2 is 1.81 bits per heavy atom. The van der Waals surface area contributed by atoms with Crippen molar-refractivity contribution < 1.29 is 23.0 Å². The number of methoxy groups -OCH3 is 1. The van der Waals surface area contributed by atoms with E-state index in [1.54, 1.807) is 6.07 Å². The molecule has 0 saturated carbocycles. The van der Waals surface area contributed by atoms with E-state index in [0.29, 0.717) is 23.4 Å². The summed E-state index contributed by atoms with van der Waals surface area (Å²) in [4.78, 5) is 11.9. The highest BCUT2D eigenvalue weighted by atomic mass is 35.5. The van der Waals surface area contributed by atoms with Crippen molar-refractivity contribution in [2.24, 2.45) is 0 Å². The van der Waals surface area contributed by atoms with E-state index in [4.69, 9.17) is 16.3 Å². The number of alkyl halides is 2. The number of rotatable bonds is 9. The molecule has 1 amide bonds. The predicted octanol–water partition coefficient (Wildman–Crippen LogP) is 4.59. The van der Waals surface area contributed by atoms with Gasteiger partial charge >= 0.3 is 6.61 Å². The third-order valence-corrected chi connectivity index (χ3v) is 3.97. The number of nitrogens with one attached hydrogen (secondary N) is 1. The van der Waals surface area contributed by atoms with E-state index in [1.807, 2.05) is 24.3 Å². The minimum absolute atomic E-state index is 0.0583. The van der Waals surface area contributed by atoms with Gasteiger partial charge in [-0.25, -0.2) is 0 Å². The lowest BCUT2D eigenvalue weighted by molar-refractivity contribution is -0.121. The van der Waals surface area contributed by atoms with Gasteiger partial charge in [-0.15, -0.1) is 0 Å². The molecule has 0 fully saturated rings. The Labute approximate surface area is 156 Å². The van der Waals surface area contributed by atoms with Crippen LogP contribution in [0.25, 0.3) is 0 Å². The Hall–Kier alpha value is -2.34. The normalized spacial score (nSPS) is 10.7. The largest absolute Gasteiger partial charge is 0.493 e. The van der Waals surface area contributed by atoms with Gasteiger partial charge in [-0.05, 0) is 48.2 Å². The van der Waals surface area contributed by atoms with E-state index in [2.05, 4.69) is 10.1 Å². The maximum absolute atomic E-state index is 12.4. The average Bonchev–Trinajstić information content (AvgIpc) is 2.61. The van der Waals surface area contributed by atoms with Gasteiger partial charge in [-0.3, -0.25) is 4.79 Å². The molecule has 0 aliphatic carbocycles. The van der Waals surface area contributed by atoms with Crippen molar-refractivity contribution in [2.45, 2.75) is 32.4 Å². The second kappa shape index (κ2) is 9.97. The van der Waals surface area contributed by atoms with Crippen molar-refractivity contribution in [1.29, 1.82) is 0 Å². The smallest absolute Gasteiger partial charge is 0.387 e. The van der Waals surface area contributed by atoms with Gasteiger partial charge < -0.3 is 14.8 Å². The lowest BCUT2D eigenvalue weighted by Crippen LogP contribution is -2.22. The first-order chi connectivity index (χ1) is 12.5. The number of aryl methyl sites for hydroxylation is 1. The van der Waals surface area contributed by atoms with Crippen LogP contribution in [0, 0.1) is 0 Å². The highest BCUT2D eigenvalue weighted by molar-refractivity contribution is 6.30. The third kappa shape index (κ3) is 6.52. The van der Waals surface area contributed by atoms with Crippen LogP contribution in [0.1, 0.15) is 24.0 Å². The molecule has 0 bridgehead atoms. The Bertz CT molecular complexity index is 723. The van der Waals surface area contributed by atoms with Crippen LogP contribution in [0.15, 0.2) is 42.5 Å². The quantitative estimate of drug-likeness (QED) is 0.689. The van der Waals surface area contributed by atoms with Gasteiger partial charge in [0.05, 0.1) is 7.11 Å². The van der Waals surface area contributed by atoms with Crippen LogP contribution in [0.5, 0.6) is 11.5 Å². The summed E-state index contributed by atoms with van der Waals surface area (Å²) in [5.41, 5.74) is 1.76. The second-order valence-electron chi connectivity index (χ2n) is 5.62. The standard InChI is InChI=1S/C19H20ClF2NO3/c1-25-16-10-7-14(11-17(16)26-19(21)22)12-23-18(24)4-2-3-13-5-8-15(20)9-6-13/h5-11,19H,2-4,12H2,1H3,(H,23,24). The molecule has 1 N–H and O–H groups in total. The molecular weight excluding hydrogens is 364 g/mol. The summed E-state index contributed by atoms with van der Waals surface area (Å²) in [6, 6.07) is 12.1. The molecular formula is C19H20ClF2NO3. The van der Waals surface area contributed by atoms with E-state index in [9.17, 15) is 13.6 Å². The summed E-state index contributed by atoms with van der Waals surface area (Å²) in [5, 5.41) is 3.45. The molecule has 0 aliphatic rings. The summed E-state index contributed by atoms with van der Waals surface area (Å²) < 4.78 is 34.3. The van der Waals surface area contributed by atoms with E-state index >= 15 is 0 Å². The highest BCUT2D eigenvalue weighted by Crippen LogP contribution is 2.29. The first-order valence-corrected chi connectivity index (χ1v) is 8.48. The van der Waals surface area contributed by atoms with E-state index in [1.165, 1.54) is 19.2 Å². The summed E-state index contributed by atoms with van der Waals surface area (Å²) in [6.45, 7) is -2.72. The van der Waals surface area contributed by atoms with Gasteiger partial charge in [0, 0.05) is 18.0 Å². The van der Waals surface area contributed by atoms with Crippen LogP contribution >= 0.6 is 11.6 Å². The molecule has 4 nitrogen and oxygen atoms in total. The minimum atomic E-state index is -2.94. The number of amides is 1. The SMILES string of the molecule is COc1ccc(CNC(=O)CCCc2ccc(Cl)cc2)cc1OC(F)F. The predicted molar refractivity (Wildman–Crippen MR) is 95.9 cm³/mol. The van der Waals surface area contributed by atoms with Crippen LogP contribution in [-0.2, 0) is 17.8 Å². The van der Waals surface area contributed by atoms with Gasteiger partial charge in [0.25, 0.3) is 0 Å². The Kier molecular flexibility index (Phi) is 7.66. The van der Waals surface area contributed by atoms with Gasteiger partial charge in [0.2, 0.25) is 5.91 Å². The molecule has 0 saturated heterocycles. The first-order valence-electron chi connectivity index (χ1n) is 8.11. The zero-order valence-corrected chi connectivity index (χ0v) is 15.1. The lowest BCUT2D eigenvalue weighted by atomic mass is 10.1. The van der Waals surface area contributed by atoms with Crippen molar-refractivity contribution >= 4 is 17.5 Å². The molecule has 2 rings (SSSR count). The molecule has 0 unspecified atom stereocenters. The summed E-state index contributed by atoms with van der Waals surface area (Å²) in [7, 11) is 1.37. The van der Waals surface area contributed by atoms with Crippen LogP contribution in [0.4, 0.5) is 8.78 Å². The molecule has 0 aliphatic heterocycles. The molecule has 140 valence electrons. The molecule has 0 aromatic heterocycles. The fraction of sp³-hybridized carbons (Fsp3) is 0.316. The first kappa shape index (κ1) is 20.0. The van der Waals surface area contributed by atoms with E-state index in [0.717, 1.165) is 12.0 Å². The minimum Gasteiger partial charge on any atom is -0.493 e. The fourth-order valence-electron chi connectivity index (χ4n) is 2.41. The third-order valence-electron chi connectivity index (χ3n) is 3.72. The van der Waals surface area contributed by atoms with E-state index < -0.39 is 6.61 Å². The second-order valence-corrected chi connectivity index (χ2v) is 6.06. The number of halogens is 3. The van der Waals surface area contributed by atoms with Crippen molar-refractivity contribution in [1.82, 2.24) is 5.32 Å². The number of benzene rings is 2. The van der Waals surface area contributed by atoms with Gasteiger partial charge in [0.15, 0.2) is 11.5 Å². The molecule has 2 aromatic carbocycles. The van der Waals surface area contributed by atoms with Crippen molar-refractivity contribution in [3.05, 3.63) is 58.6 Å². The molecule has 0 spiro atoms.